The molecule has 0 bridgehead atoms. The van der Waals surface area contributed by atoms with Gasteiger partial charge in [0.05, 0.1) is 32.5 Å². The quantitative estimate of drug-likeness (QED) is 0.492. The van der Waals surface area contributed by atoms with Crippen LogP contribution in [0.4, 0.5) is 17.2 Å². The van der Waals surface area contributed by atoms with Gasteiger partial charge in [0.15, 0.2) is 5.75 Å². The van der Waals surface area contributed by atoms with Gasteiger partial charge in [-0.15, -0.1) is 0 Å². The number of nitrogens with two attached hydrogens (primary N) is 1. The Morgan fingerprint density at radius 2 is 1.77 bits per heavy atom. The number of hydrogen-bond donors (Lipinski definition) is 2. The zero-order valence-electron chi connectivity index (χ0n) is 13.8. The number of nitriles is 1. The van der Waals surface area contributed by atoms with Gasteiger partial charge >= 0.3 is 0 Å². The average molecular weight is 474 g/mol. The Morgan fingerprint density at radius 1 is 1.12 bits per heavy atom. The molecule has 1 aromatic heterocycles. The van der Waals surface area contributed by atoms with Crippen molar-refractivity contribution in [3.05, 3.63) is 68.7 Å². The molecule has 0 atom stereocenters. The topological polar surface area (TPSA) is 84.0 Å². The summed E-state index contributed by atoms with van der Waals surface area (Å²) in [7, 11) is 0. The second-order valence-electron chi connectivity index (χ2n) is 5.58. The number of halogens is 2. The van der Waals surface area contributed by atoms with E-state index in [1.54, 1.807) is 36.5 Å². The summed E-state index contributed by atoms with van der Waals surface area (Å²) in [5, 5.41) is 12.1. The fourth-order valence-electron chi connectivity index (χ4n) is 2.30. The number of benzene rings is 2. The Bertz CT molecular complexity index is 974. The van der Waals surface area contributed by atoms with Gasteiger partial charge in [0.25, 0.3) is 0 Å². The van der Waals surface area contributed by atoms with Crippen molar-refractivity contribution in [1.29, 1.82) is 5.26 Å². The molecule has 5 nitrogen and oxygen atoms in total. The van der Waals surface area contributed by atoms with Crippen LogP contribution in [-0.4, -0.2) is 4.98 Å². The first-order valence-electron chi connectivity index (χ1n) is 7.62. The summed E-state index contributed by atoms with van der Waals surface area (Å²) in [6, 6.07) is 14.9. The molecule has 0 spiro atoms. The van der Waals surface area contributed by atoms with Crippen LogP contribution in [0.25, 0.3) is 0 Å². The number of ether oxygens (including phenoxy) is 1. The highest BCUT2D eigenvalue weighted by Gasteiger charge is 2.11. The third-order valence-corrected chi connectivity index (χ3v) is 4.73. The normalized spacial score (nSPS) is 10.2. The lowest BCUT2D eigenvalue weighted by atomic mass is 10.2. The van der Waals surface area contributed by atoms with Crippen molar-refractivity contribution in [2.24, 2.45) is 0 Å². The predicted molar refractivity (Wildman–Crippen MR) is 110 cm³/mol. The first-order valence-corrected chi connectivity index (χ1v) is 9.21. The fourth-order valence-corrected chi connectivity index (χ4v) is 3.87. The lowest BCUT2D eigenvalue weighted by Gasteiger charge is -2.13. The van der Waals surface area contributed by atoms with Gasteiger partial charge in [-0.2, -0.15) is 5.26 Å². The van der Waals surface area contributed by atoms with Crippen LogP contribution in [0.15, 0.2) is 57.6 Å². The molecule has 3 N–H and O–H groups in total. The van der Waals surface area contributed by atoms with Gasteiger partial charge in [-0.1, -0.05) is 0 Å². The molecule has 0 radical (unpaired) electrons. The number of aryl methyl sites for hydroxylation is 1. The SMILES string of the molecule is Cc1cc(Br)c(Oc2cnc(N)c(Nc3ccc(C#N)cc3)c2)c(Br)c1. The van der Waals surface area contributed by atoms with Gasteiger partial charge in [-0.25, -0.2) is 4.98 Å². The molecule has 0 fully saturated rings. The summed E-state index contributed by atoms with van der Waals surface area (Å²) < 4.78 is 7.64. The zero-order valence-corrected chi connectivity index (χ0v) is 16.9. The van der Waals surface area contributed by atoms with Crippen molar-refractivity contribution >= 4 is 49.1 Å². The maximum Gasteiger partial charge on any atom is 0.155 e. The number of nitrogens with zero attached hydrogens (tertiary/aromatic N) is 2. The Hall–Kier alpha value is -2.56. The fraction of sp³-hybridized carbons (Fsp3) is 0.0526. The highest BCUT2D eigenvalue weighted by molar-refractivity contribution is 9.11. The first kappa shape index (κ1) is 18.2. The second kappa shape index (κ2) is 7.77. The molecule has 1 heterocycles. The maximum absolute atomic E-state index is 8.88. The van der Waals surface area contributed by atoms with E-state index in [1.165, 1.54) is 0 Å². The van der Waals surface area contributed by atoms with Crippen LogP contribution in [0.3, 0.4) is 0 Å². The van der Waals surface area contributed by atoms with E-state index in [0.29, 0.717) is 28.6 Å². The van der Waals surface area contributed by atoms with E-state index < -0.39 is 0 Å². The highest BCUT2D eigenvalue weighted by atomic mass is 79.9. The molecule has 0 aliphatic carbocycles. The first-order chi connectivity index (χ1) is 12.5. The summed E-state index contributed by atoms with van der Waals surface area (Å²) in [6.45, 7) is 2.00. The molecule has 3 aromatic rings. The molecule has 3 rings (SSSR count). The van der Waals surface area contributed by atoms with Gasteiger partial charge in [0.2, 0.25) is 0 Å². The number of nitrogens with one attached hydrogen (secondary N) is 1. The molecule has 0 aliphatic rings. The maximum atomic E-state index is 8.88. The Labute approximate surface area is 168 Å². The summed E-state index contributed by atoms with van der Waals surface area (Å²) in [5.74, 6) is 1.55. The molecule has 130 valence electrons. The van der Waals surface area contributed by atoms with Crippen LogP contribution in [0, 0.1) is 18.3 Å². The summed E-state index contributed by atoms with van der Waals surface area (Å²) >= 11 is 7.03. The summed E-state index contributed by atoms with van der Waals surface area (Å²) in [4.78, 5) is 4.19. The smallest absolute Gasteiger partial charge is 0.155 e. The number of hydrogen-bond acceptors (Lipinski definition) is 5. The molecule has 0 amide bonds. The van der Waals surface area contributed by atoms with Gasteiger partial charge < -0.3 is 15.8 Å². The van der Waals surface area contributed by atoms with Gasteiger partial charge in [-0.3, -0.25) is 0 Å². The molecule has 0 unspecified atom stereocenters. The molecule has 26 heavy (non-hydrogen) atoms. The third-order valence-electron chi connectivity index (χ3n) is 3.55. The minimum Gasteiger partial charge on any atom is -0.453 e. The monoisotopic (exact) mass is 472 g/mol. The van der Waals surface area contributed by atoms with Crippen molar-refractivity contribution in [1.82, 2.24) is 4.98 Å². The van der Waals surface area contributed by atoms with E-state index in [0.717, 1.165) is 20.2 Å². The Morgan fingerprint density at radius 3 is 2.38 bits per heavy atom. The van der Waals surface area contributed by atoms with Crippen molar-refractivity contribution < 1.29 is 4.74 Å². The lowest BCUT2D eigenvalue weighted by molar-refractivity contribution is 0.474. The number of aromatic nitrogens is 1. The number of rotatable bonds is 4. The Kier molecular flexibility index (Phi) is 5.45. The molecular formula is C19H14Br2N4O. The van der Waals surface area contributed by atoms with E-state index in [9.17, 15) is 0 Å². The van der Waals surface area contributed by atoms with Crippen LogP contribution in [0.5, 0.6) is 11.5 Å². The Balaban J connectivity index is 1.87. The van der Waals surface area contributed by atoms with Crippen molar-refractivity contribution in [2.75, 3.05) is 11.1 Å². The lowest BCUT2D eigenvalue weighted by Crippen LogP contribution is -2.00. The third kappa shape index (κ3) is 4.15. The molecule has 0 saturated heterocycles. The van der Waals surface area contributed by atoms with Gasteiger partial charge in [0, 0.05) is 11.8 Å². The second-order valence-corrected chi connectivity index (χ2v) is 7.29. The van der Waals surface area contributed by atoms with Crippen molar-refractivity contribution in [2.45, 2.75) is 6.92 Å². The van der Waals surface area contributed by atoms with Crippen LogP contribution in [-0.2, 0) is 0 Å². The highest BCUT2D eigenvalue weighted by Crippen LogP contribution is 2.38. The van der Waals surface area contributed by atoms with E-state index in [4.69, 9.17) is 15.7 Å². The number of nitrogen functional groups attached to an aromatic ring is 1. The zero-order chi connectivity index (χ0) is 18.7. The van der Waals surface area contributed by atoms with E-state index in [2.05, 4.69) is 48.2 Å². The van der Waals surface area contributed by atoms with E-state index in [-0.39, 0.29) is 0 Å². The largest absolute Gasteiger partial charge is 0.453 e. The number of anilines is 3. The van der Waals surface area contributed by atoms with Crippen LogP contribution in [0.2, 0.25) is 0 Å². The molecule has 7 heteroatoms. The van der Waals surface area contributed by atoms with Gasteiger partial charge in [-0.05, 0) is 80.7 Å². The van der Waals surface area contributed by atoms with Crippen molar-refractivity contribution in [3.8, 4) is 17.6 Å². The minimum atomic E-state index is 0.351. The van der Waals surface area contributed by atoms with Crippen LogP contribution < -0.4 is 15.8 Å². The number of pyridine rings is 1. The molecule has 2 aromatic carbocycles. The van der Waals surface area contributed by atoms with Gasteiger partial charge in [0.1, 0.15) is 11.6 Å². The van der Waals surface area contributed by atoms with Crippen LogP contribution in [0.1, 0.15) is 11.1 Å². The summed E-state index contributed by atoms with van der Waals surface area (Å²) in [6.07, 6.45) is 1.57. The van der Waals surface area contributed by atoms with E-state index >= 15 is 0 Å². The minimum absolute atomic E-state index is 0.351. The standard InChI is InChI=1S/C19H14Br2N4O/c1-11-6-15(20)18(16(21)7-11)26-14-8-17(19(23)24-10-14)25-13-4-2-12(9-22)3-5-13/h2-8,10,25H,1H3,(H2,23,24). The molecule has 0 saturated carbocycles. The summed E-state index contributed by atoms with van der Waals surface area (Å²) in [5.41, 5.74) is 9.08. The van der Waals surface area contributed by atoms with E-state index in [1.807, 2.05) is 19.1 Å². The predicted octanol–water partition coefficient (Wildman–Crippen LogP) is 5.90. The molecule has 0 aliphatic heterocycles. The van der Waals surface area contributed by atoms with Crippen LogP contribution >= 0.6 is 31.9 Å². The average Bonchev–Trinajstić information content (AvgIpc) is 2.61. The molecular weight excluding hydrogens is 460 g/mol. The van der Waals surface area contributed by atoms with Crippen molar-refractivity contribution in [3.63, 3.8) is 0 Å².